The van der Waals surface area contributed by atoms with Gasteiger partial charge in [-0.15, -0.1) is 0 Å². The molecule has 2 atom stereocenters. The third-order valence-corrected chi connectivity index (χ3v) is 7.81. The van der Waals surface area contributed by atoms with E-state index in [9.17, 15) is 14.7 Å². The van der Waals surface area contributed by atoms with Crippen LogP contribution < -0.4 is 0 Å². The summed E-state index contributed by atoms with van der Waals surface area (Å²) in [6, 6.07) is 0. The molecule has 0 saturated heterocycles. The van der Waals surface area contributed by atoms with Crippen molar-refractivity contribution in [3.8, 4) is 0 Å². The molecule has 1 N–H and O–H groups in total. The van der Waals surface area contributed by atoms with Gasteiger partial charge in [0.05, 0.1) is 11.8 Å². The molecular weight excluding hydrogens is 424 g/mol. The molecule has 4 heteroatoms. The predicted molar refractivity (Wildman–Crippen MR) is 142 cm³/mol. The third kappa shape index (κ3) is 13.7. The second kappa shape index (κ2) is 19.2. The fourth-order valence-corrected chi connectivity index (χ4v) is 5.54. The van der Waals surface area contributed by atoms with Crippen LogP contribution in [0.25, 0.3) is 0 Å². The van der Waals surface area contributed by atoms with Crippen LogP contribution in [0.2, 0.25) is 0 Å². The van der Waals surface area contributed by atoms with Gasteiger partial charge < -0.3 is 9.84 Å². The molecule has 34 heavy (non-hydrogen) atoms. The number of hydrogen-bond acceptors (Lipinski definition) is 3. The lowest BCUT2D eigenvalue weighted by Gasteiger charge is -2.31. The minimum atomic E-state index is -0.719. The van der Waals surface area contributed by atoms with Crippen LogP contribution in [0.1, 0.15) is 150 Å². The number of carbonyl (C=O) groups excluding carboxylic acids is 1. The normalized spacial score (nSPS) is 20.3. The lowest BCUT2D eigenvalue weighted by Crippen LogP contribution is -2.33. The van der Waals surface area contributed by atoms with Crippen LogP contribution in [0.3, 0.4) is 0 Å². The molecule has 4 nitrogen and oxygen atoms in total. The van der Waals surface area contributed by atoms with Crippen LogP contribution in [0.4, 0.5) is 0 Å². The molecule has 1 rings (SSSR count). The molecule has 0 spiro atoms. The monoisotopic (exact) mass is 480 g/mol. The molecule has 2 unspecified atom stereocenters. The van der Waals surface area contributed by atoms with E-state index in [0.717, 1.165) is 38.0 Å². The summed E-state index contributed by atoms with van der Waals surface area (Å²) in [5.74, 6) is 0.111. The number of carbonyl (C=O) groups is 2. The minimum Gasteiger partial charge on any atom is -0.481 e. The lowest BCUT2D eigenvalue weighted by atomic mass is 9.82. The maximum Gasteiger partial charge on any atom is 0.309 e. The fourth-order valence-electron chi connectivity index (χ4n) is 5.54. The first-order valence-corrected chi connectivity index (χ1v) is 14.8. The molecule has 0 aliphatic heterocycles. The molecule has 0 radical (unpaired) electrons. The standard InChI is InChI=1S/C30H56O4/c1-5-7-13-18-25(16-6-2)28(19-15-12-10-8-9-11-14-17-24(3)4)34-30(33)27-22-20-26(21-23-27)29(31)32/h24-28H,5-23H2,1-4H3,(H,31,32). The highest BCUT2D eigenvalue weighted by molar-refractivity contribution is 5.74. The van der Waals surface area contributed by atoms with Gasteiger partial charge in [0.15, 0.2) is 0 Å². The van der Waals surface area contributed by atoms with Crippen LogP contribution in [-0.2, 0) is 14.3 Å². The number of unbranched alkanes of at least 4 members (excludes halogenated alkanes) is 8. The van der Waals surface area contributed by atoms with E-state index >= 15 is 0 Å². The number of esters is 1. The van der Waals surface area contributed by atoms with E-state index in [2.05, 4.69) is 27.7 Å². The van der Waals surface area contributed by atoms with Gasteiger partial charge in [-0.25, -0.2) is 0 Å². The van der Waals surface area contributed by atoms with Crippen molar-refractivity contribution < 1.29 is 19.4 Å². The Kier molecular flexibility index (Phi) is 17.5. The number of carboxylic acid groups (broad SMARTS) is 1. The van der Waals surface area contributed by atoms with Crippen LogP contribution >= 0.6 is 0 Å². The Morgan fingerprint density at radius 3 is 1.76 bits per heavy atom. The van der Waals surface area contributed by atoms with Gasteiger partial charge in [0.25, 0.3) is 0 Å². The molecule has 1 aliphatic rings. The molecule has 0 amide bonds. The smallest absolute Gasteiger partial charge is 0.309 e. The van der Waals surface area contributed by atoms with Gasteiger partial charge in [-0.3, -0.25) is 9.59 Å². The van der Waals surface area contributed by atoms with Crippen molar-refractivity contribution in [1.29, 1.82) is 0 Å². The van der Waals surface area contributed by atoms with Crippen LogP contribution in [0.15, 0.2) is 0 Å². The molecule has 0 aromatic carbocycles. The average Bonchev–Trinajstić information content (AvgIpc) is 2.81. The summed E-state index contributed by atoms with van der Waals surface area (Å²) in [7, 11) is 0. The third-order valence-electron chi connectivity index (χ3n) is 7.81. The zero-order chi connectivity index (χ0) is 25.2. The summed E-state index contributed by atoms with van der Waals surface area (Å²) in [5.41, 5.74) is 0. The summed E-state index contributed by atoms with van der Waals surface area (Å²) < 4.78 is 6.23. The van der Waals surface area contributed by atoms with Crippen molar-refractivity contribution in [3.05, 3.63) is 0 Å². The Morgan fingerprint density at radius 1 is 0.706 bits per heavy atom. The highest BCUT2D eigenvalue weighted by Gasteiger charge is 2.33. The number of rotatable bonds is 20. The molecule has 0 bridgehead atoms. The van der Waals surface area contributed by atoms with E-state index in [-0.39, 0.29) is 23.9 Å². The number of aliphatic carboxylic acids is 1. The van der Waals surface area contributed by atoms with Crippen molar-refractivity contribution >= 4 is 11.9 Å². The average molecular weight is 481 g/mol. The Labute approximate surface area is 211 Å². The molecule has 200 valence electrons. The first kappa shape index (κ1) is 31.0. The Bertz CT molecular complexity index is 522. The van der Waals surface area contributed by atoms with E-state index in [4.69, 9.17) is 4.74 Å². The second-order valence-corrected chi connectivity index (χ2v) is 11.4. The van der Waals surface area contributed by atoms with Gasteiger partial charge >= 0.3 is 11.9 Å². The lowest BCUT2D eigenvalue weighted by molar-refractivity contribution is -0.160. The van der Waals surface area contributed by atoms with Crippen LogP contribution in [-0.4, -0.2) is 23.1 Å². The topological polar surface area (TPSA) is 63.6 Å². The van der Waals surface area contributed by atoms with Crippen LogP contribution in [0, 0.1) is 23.7 Å². The summed E-state index contributed by atoms with van der Waals surface area (Å²) in [6.45, 7) is 9.08. The van der Waals surface area contributed by atoms with Gasteiger partial charge in [-0.1, -0.05) is 98.3 Å². The molecular formula is C30H56O4. The molecule has 0 aromatic rings. The van der Waals surface area contributed by atoms with Crippen molar-refractivity contribution in [1.82, 2.24) is 0 Å². The predicted octanol–water partition coefficient (Wildman–Crippen LogP) is 8.95. The van der Waals surface area contributed by atoms with Crippen molar-refractivity contribution in [3.63, 3.8) is 0 Å². The van der Waals surface area contributed by atoms with Gasteiger partial charge in [-0.2, -0.15) is 0 Å². The zero-order valence-electron chi connectivity index (χ0n) is 23.0. The second-order valence-electron chi connectivity index (χ2n) is 11.4. The summed E-state index contributed by atoms with van der Waals surface area (Å²) in [4.78, 5) is 24.3. The number of ether oxygens (including phenoxy) is 1. The maximum absolute atomic E-state index is 13.0. The largest absolute Gasteiger partial charge is 0.481 e. The van der Waals surface area contributed by atoms with E-state index in [1.165, 1.54) is 64.2 Å². The van der Waals surface area contributed by atoms with E-state index in [0.29, 0.717) is 31.6 Å². The van der Waals surface area contributed by atoms with Gasteiger partial charge in [0.1, 0.15) is 6.10 Å². The molecule has 0 aromatic heterocycles. The van der Waals surface area contributed by atoms with Crippen molar-refractivity contribution in [2.45, 2.75) is 156 Å². The first-order chi connectivity index (χ1) is 16.4. The Hall–Kier alpha value is -1.06. The number of hydrogen-bond donors (Lipinski definition) is 1. The Morgan fingerprint density at radius 2 is 1.24 bits per heavy atom. The SMILES string of the molecule is CCCCCC(CCC)C(CCCCCCCCCC(C)C)OC(=O)C1CCC(C(=O)O)CC1. The number of carboxylic acids is 1. The quantitative estimate of drug-likeness (QED) is 0.139. The zero-order valence-corrected chi connectivity index (χ0v) is 23.0. The molecule has 1 fully saturated rings. The summed E-state index contributed by atoms with van der Waals surface area (Å²) in [5, 5.41) is 9.25. The highest BCUT2D eigenvalue weighted by Crippen LogP contribution is 2.32. The van der Waals surface area contributed by atoms with E-state index < -0.39 is 5.97 Å². The van der Waals surface area contributed by atoms with Crippen molar-refractivity contribution in [2.24, 2.45) is 23.7 Å². The Balaban J connectivity index is 2.52. The first-order valence-electron chi connectivity index (χ1n) is 14.8. The highest BCUT2D eigenvalue weighted by atomic mass is 16.5. The van der Waals surface area contributed by atoms with Crippen molar-refractivity contribution in [2.75, 3.05) is 0 Å². The summed E-state index contributed by atoms with van der Waals surface area (Å²) >= 11 is 0. The molecule has 1 saturated carbocycles. The van der Waals surface area contributed by atoms with E-state index in [1.54, 1.807) is 0 Å². The summed E-state index contributed by atoms with van der Waals surface area (Å²) in [6.07, 6.45) is 21.0. The van der Waals surface area contributed by atoms with Gasteiger partial charge in [0, 0.05) is 0 Å². The van der Waals surface area contributed by atoms with Crippen LogP contribution in [0.5, 0.6) is 0 Å². The minimum absolute atomic E-state index is 0.0348. The van der Waals surface area contributed by atoms with Gasteiger partial charge in [-0.05, 0) is 63.2 Å². The molecule has 0 heterocycles. The fraction of sp³-hybridized carbons (Fsp3) is 0.933. The molecule has 1 aliphatic carbocycles. The van der Waals surface area contributed by atoms with Gasteiger partial charge in [0.2, 0.25) is 0 Å². The maximum atomic E-state index is 13.0. The van der Waals surface area contributed by atoms with E-state index in [1.807, 2.05) is 0 Å².